The number of hydrogen-bond donors (Lipinski definition) is 2. The van der Waals surface area contributed by atoms with Crippen molar-refractivity contribution in [2.24, 2.45) is 5.92 Å². The number of fused-ring (bicyclic) bond motifs is 1. The van der Waals surface area contributed by atoms with Gasteiger partial charge in [-0.25, -0.2) is 4.79 Å². The number of pyridine rings is 1. The van der Waals surface area contributed by atoms with Gasteiger partial charge in [0.05, 0.1) is 26.3 Å². The van der Waals surface area contributed by atoms with E-state index in [1.54, 1.807) is 24.5 Å². The first kappa shape index (κ1) is 26.6. The number of halogens is 3. The maximum atomic E-state index is 12.9. The number of benzene rings is 1. The van der Waals surface area contributed by atoms with Gasteiger partial charge in [-0.1, -0.05) is 6.07 Å². The van der Waals surface area contributed by atoms with Crippen molar-refractivity contribution in [2.75, 3.05) is 26.2 Å². The fraction of sp³-hybridized carbons (Fsp3) is 0.440. The quantitative estimate of drug-likeness (QED) is 0.621. The summed E-state index contributed by atoms with van der Waals surface area (Å²) in [6.45, 7) is 3.74. The molecule has 1 aromatic heterocycles. The predicted molar refractivity (Wildman–Crippen MR) is 123 cm³/mol. The van der Waals surface area contributed by atoms with Gasteiger partial charge < -0.3 is 24.8 Å². The summed E-state index contributed by atoms with van der Waals surface area (Å²) >= 11 is 0. The van der Waals surface area contributed by atoms with E-state index in [1.165, 1.54) is 5.56 Å². The first-order valence-corrected chi connectivity index (χ1v) is 11.7. The molecule has 2 N–H and O–H groups in total. The molecule has 37 heavy (non-hydrogen) atoms. The third kappa shape index (κ3) is 6.08. The number of nitrogens with one attached hydrogen (secondary N) is 1. The van der Waals surface area contributed by atoms with Gasteiger partial charge in [-0.05, 0) is 54.2 Å². The molecular weight excluding hydrogens is 495 g/mol. The summed E-state index contributed by atoms with van der Waals surface area (Å²) in [7, 11) is 0. The van der Waals surface area contributed by atoms with E-state index in [4.69, 9.17) is 19.4 Å². The second-order valence-electron chi connectivity index (χ2n) is 9.12. The number of carbonyl (C=O) groups excluding carboxylic acids is 2. The summed E-state index contributed by atoms with van der Waals surface area (Å²) < 4.78 is 43.3. The first-order chi connectivity index (χ1) is 17.6. The molecule has 5 rings (SSSR count). The minimum absolute atomic E-state index is 0.0514. The third-order valence-corrected chi connectivity index (χ3v) is 6.74. The summed E-state index contributed by atoms with van der Waals surface area (Å²) in [6, 6.07) is 9.25. The Morgan fingerprint density at radius 1 is 1.08 bits per heavy atom. The van der Waals surface area contributed by atoms with Gasteiger partial charge in [0.15, 0.2) is 0 Å². The highest BCUT2D eigenvalue weighted by Crippen LogP contribution is 2.42. The monoisotopic (exact) mass is 521 g/mol. The highest BCUT2D eigenvalue weighted by molar-refractivity contribution is 5.95. The van der Waals surface area contributed by atoms with Crippen LogP contribution in [-0.2, 0) is 27.5 Å². The SMILES string of the molecule is O=C(NCCC1CCOC12CN(C(=O)c1ccc3c(c1)COC3)C2)c1ccncc1.O=C(O)C(F)(F)F. The summed E-state index contributed by atoms with van der Waals surface area (Å²) in [6.07, 6.45) is -0.0518. The van der Waals surface area contributed by atoms with Crippen LogP contribution in [-0.4, -0.2) is 70.8 Å². The second kappa shape index (κ2) is 10.9. The van der Waals surface area contributed by atoms with Crippen LogP contribution in [0.3, 0.4) is 0 Å². The fourth-order valence-electron chi connectivity index (χ4n) is 4.74. The minimum atomic E-state index is -5.08. The average molecular weight is 521 g/mol. The lowest BCUT2D eigenvalue weighted by Gasteiger charge is -2.50. The Labute approximate surface area is 210 Å². The molecule has 2 amide bonds. The standard InChI is InChI=1S/C23H25N3O4.C2HF3O2/c27-21(16-3-7-24-8-4-16)25-9-5-20-6-10-30-23(20)14-26(15-23)22(28)17-1-2-18-12-29-13-19(18)11-17;3-2(4,5)1(6)7/h1-4,7-8,11,20H,5-6,9-10,12-15H2,(H,25,27);(H,6,7). The normalized spacial score (nSPS) is 19.4. The van der Waals surface area contributed by atoms with E-state index >= 15 is 0 Å². The Hall–Kier alpha value is -3.51. The molecule has 2 fully saturated rings. The Morgan fingerprint density at radius 2 is 1.76 bits per heavy atom. The topological polar surface area (TPSA) is 118 Å². The molecule has 198 valence electrons. The molecule has 2 aromatic rings. The number of likely N-dealkylation sites (tertiary alicyclic amines) is 1. The number of alkyl halides is 3. The number of carboxylic acids is 1. The Balaban J connectivity index is 0.000000405. The molecule has 0 saturated carbocycles. The van der Waals surface area contributed by atoms with Crippen molar-refractivity contribution in [1.29, 1.82) is 0 Å². The van der Waals surface area contributed by atoms with E-state index in [9.17, 15) is 22.8 Å². The largest absolute Gasteiger partial charge is 0.490 e. The second-order valence-corrected chi connectivity index (χ2v) is 9.12. The van der Waals surface area contributed by atoms with E-state index in [0.717, 1.165) is 18.4 Å². The van der Waals surface area contributed by atoms with Gasteiger partial charge in [0, 0.05) is 36.7 Å². The number of aromatic nitrogens is 1. The Morgan fingerprint density at radius 3 is 2.43 bits per heavy atom. The minimum Gasteiger partial charge on any atom is -0.475 e. The lowest BCUT2D eigenvalue weighted by atomic mass is 9.78. The molecule has 9 nitrogen and oxygen atoms in total. The van der Waals surface area contributed by atoms with Crippen molar-refractivity contribution in [3.8, 4) is 0 Å². The fourth-order valence-corrected chi connectivity index (χ4v) is 4.74. The van der Waals surface area contributed by atoms with Crippen LogP contribution in [0.15, 0.2) is 42.7 Å². The smallest absolute Gasteiger partial charge is 0.475 e. The molecule has 1 atom stereocenters. The Bertz CT molecular complexity index is 1150. The van der Waals surface area contributed by atoms with Gasteiger partial charge in [-0.15, -0.1) is 0 Å². The Kier molecular flexibility index (Phi) is 7.79. The van der Waals surface area contributed by atoms with Gasteiger partial charge in [0.1, 0.15) is 5.60 Å². The molecule has 3 aliphatic rings. The van der Waals surface area contributed by atoms with Crippen molar-refractivity contribution < 1.29 is 42.1 Å². The number of hydrogen-bond acceptors (Lipinski definition) is 6. The molecule has 1 spiro atoms. The van der Waals surface area contributed by atoms with Crippen molar-refractivity contribution in [2.45, 2.75) is 37.8 Å². The number of amides is 2. The molecule has 2 saturated heterocycles. The maximum absolute atomic E-state index is 12.9. The van der Waals surface area contributed by atoms with Crippen LogP contribution in [0.5, 0.6) is 0 Å². The highest BCUT2D eigenvalue weighted by atomic mass is 19.4. The average Bonchev–Trinajstić information content (AvgIpc) is 3.49. The van der Waals surface area contributed by atoms with Crippen LogP contribution < -0.4 is 5.32 Å². The zero-order valence-electron chi connectivity index (χ0n) is 19.8. The van der Waals surface area contributed by atoms with Crippen LogP contribution in [0, 0.1) is 5.92 Å². The lowest BCUT2D eigenvalue weighted by Crippen LogP contribution is -2.66. The number of carboxylic acid groups (broad SMARTS) is 1. The lowest BCUT2D eigenvalue weighted by molar-refractivity contribution is -0.192. The zero-order chi connectivity index (χ0) is 26.6. The maximum Gasteiger partial charge on any atom is 0.490 e. The molecule has 1 unspecified atom stereocenters. The number of ether oxygens (including phenoxy) is 2. The molecule has 3 aliphatic heterocycles. The van der Waals surface area contributed by atoms with Gasteiger partial charge in [-0.2, -0.15) is 13.2 Å². The van der Waals surface area contributed by atoms with Gasteiger partial charge in [0.25, 0.3) is 11.8 Å². The van der Waals surface area contributed by atoms with Crippen molar-refractivity contribution >= 4 is 17.8 Å². The predicted octanol–water partition coefficient (Wildman–Crippen LogP) is 2.80. The van der Waals surface area contributed by atoms with Crippen molar-refractivity contribution in [3.05, 3.63) is 65.0 Å². The van der Waals surface area contributed by atoms with Crippen molar-refractivity contribution in [1.82, 2.24) is 15.2 Å². The third-order valence-electron chi connectivity index (χ3n) is 6.74. The summed E-state index contributed by atoms with van der Waals surface area (Å²) in [5, 5.41) is 10.1. The summed E-state index contributed by atoms with van der Waals surface area (Å²) in [5.74, 6) is -2.45. The molecule has 0 radical (unpaired) electrons. The van der Waals surface area contributed by atoms with E-state index in [2.05, 4.69) is 10.3 Å². The van der Waals surface area contributed by atoms with E-state index in [-0.39, 0.29) is 17.4 Å². The van der Waals surface area contributed by atoms with E-state index < -0.39 is 12.1 Å². The molecule has 4 heterocycles. The summed E-state index contributed by atoms with van der Waals surface area (Å²) in [5.41, 5.74) is 3.34. The summed E-state index contributed by atoms with van der Waals surface area (Å²) in [4.78, 5) is 39.8. The number of carbonyl (C=O) groups is 3. The zero-order valence-corrected chi connectivity index (χ0v) is 19.8. The van der Waals surface area contributed by atoms with Crippen LogP contribution in [0.4, 0.5) is 13.2 Å². The van der Waals surface area contributed by atoms with Crippen LogP contribution >= 0.6 is 0 Å². The van der Waals surface area contributed by atoms with Crippen LogP contribution in [0.25, 0.3) is 0 Å². The van der Waals surface area contributed by atoms with Crippen LogP contribution in [0.2, 0.25) is 0 Å². The molecule has 0 aliphatic carbocycles. The highest BCUT2D eigenvalue weighted by Gasteiger charge is 2.54. The van der Waals surface area contributed by atoms with E-state index in [0.29, 0.717) is 56.5 Å². The number of nitrogens with zero attached hydrogens (tertiary/aromatic N) is 2. The van der Waals surface area contributed by atoms with Crippen molar-refractivity contribution in [3.63, 3.8) is 0 Å². The number of rotatable bonds is 5. The number of aliphatic carboxylic acids is 1. The molecule has 0 bridgehead atoms. The van der Waals surface area contributed by atoms with E-state index in [1.807, 2.05) is 23.1 Å². The van der Waals surface area contributed by atoms with Gasteiger partial charge >= 0.3 is 12.1 Å². The van der Waals surface area contributed by atoms with Gasteiger partial charge in [-0.3, -0.25) is 14.6 Å². The molecule has 1 aromatic carbocycles. The molecular formula is C25H26F3N3O6. The van der Waals surface area contributed by atoms with Crippen LogP contribution in [0.1, 0.15) is 44.7 Å². The van der Waals surface area contributed by atoms with Gasteiger partial charge in [0.2, 0.25) is 0 Å². The first-order valence-electron chi connectivity index (χ1n) is 11.7. The molecule has 12 heteroatoms.